The molecule has 2 amide bonds. The number of carbonyl (C=O) groups is 2. The van der Waals surface area contributed by atoms with Crippen LogP contribution in [0.4, 0.5) is 0 Å². The van der Waals surface area contributed by atoms with Crippen molar-refractivity contribution in [2.75, 3.05) is 13.1 Å². The van der Waals surface area contributed by atoms with Crippen molar-refractivity contribution in [3.05, 3.63) is 65.2 Å². The molecular formula is C21H22N2O3. The maximum Gasteiger partial charge on any atom is 0.261 e. The van der Waals surface area contributed by atoms with Crippen LogP contribution in [0, 0.1) is 0 Å². The van der Waals surface area contributed by atoms with Gasteiger partial charge in [0.05, 0.1) is 0 Å². The lowest BCUT2D eigenvalue weighted by molar-refractivity contribution is -0.127. The summed E-state index contributed by atoms with van der Waals surface area (Å²) >= 11 is 0. The molecule has 5 nitrogen and oxygen atoms in total. The highest BCUT2D eigenvalue weighted by molar-refractivity contribution is 5.94. The first kappa shape index (κ1) is 16.6. The minimum Gasteiger partial charge on any atom is -0.480 e. The molecule has 0 saturated carbocycles. The summed E-state index contributed by atoms with van der Waals surface area (Å²) in [6, 6.07) is 15.2. The third kappa shape index (κ3) is 3.43. The lowest BCUT2D eigenvalue weighted by atomic mass is 10.1. The van der Waals surface area contributed by atoms with Crippen LogP contribution in [-0.4, -0.2) is 35.9 Å². The number of benzene rings is 2. The van der Waals surface area contributed by atoms with Gasteiger partial charge in [0, 0.05) is 31.6 Å². The van der Waals surface area contributed by atoms with Crippen LogP contribution in [0.1, 0.15) is 34.3 Å². The molecule has 1 fully saturated rings. The number of hydrogen-bond donors (Lipinski definition) is 1. The van der Waals surface area contributed by atoms with Gasteiger partial charge < -0.3 is 15.0 Å². The Morgan fingerprint density at radius 2 is 1.88 bits per heavy atom. The highest BCUT2D eigenvalue weighted by atomic mass is 16.5. The Labute approximate surface area is 153 Å². The van der Waals surface area contributed by atoms with Crippen LogP contribution in [-0.2, 0) is 17.8 Å². The molecule has 1 unspecified atom stereocenters. The summed E-state index contributed by atoms with van der Waals surface area (Å²) in [5, 5.41) is 2.92. The number of likely N-dealkylation sites (tertiary alicyclic amines) is 1. The number of amides is 2. The van der Waals surface area contributed by atoms with Gasteiger partial charge >= 0.3 is 0 Å². The highest BCUT2D eigenvalue weighted by Crippen LogP contribution is 2.28. The molecule has 5 heteroatoms. The first-order valence-electron chi connectivity index (χ1n) is 9.11. The van der Waals surface area contributed by atoms with E-state index in [4.69, 9.17) is 4.74 Å². The Morgan fingerprint density at radius 1 is 1.08 bits per heavy atom. The van der Waals surface area contributed by atoms with Crippen molar-refractivity contribution in [1.82, 2.24) is 10.2 Å². The van der Waals surface area contributed by atoms with E-state index in [1.165, 1.54) is 0 Å². The first-order valence-corrected chi connectivity index (χ1v) is 9.11. The van der Waals surface area contributed by atoms with E-state index < -0.39 is 6.10 Å². The van der Waals surface area contributed by atoms with Crippen molar-refractivity contribution in [2.24, 2.45) is 0 Å². The molecule has 0 spiro atoms. The van der Waals surface area contributed by atoms with Crippen LogP contribution in [0.15, 0.2) is 48.5 Å². The van der Waals surface area contributed by atoms with Gasteiger partial charge in [-0.1, -0.05) is 30.3 Å². The van der Waals surface area contributed by atoms with Crippen molar-refractivity contribution in [3.8, 4) is 5.75 Å². The van der Waals surface area contributed by atoms with Crippen molar-refractivity contribution in [3.63, 3.8) is 0 Å². The molecule has 2 aliphatic rings. The van der Waals surface area contributed by atoms with Crippen LogP contribution in [0.5, 0.6) is 5.75 Å². The molecule has 26 heavy (non-hydrogen) atoms. The van der Waals surface area contributed by atoms with Crippen LogP contribution in [0.3, 0.4) is 0 Å². The summed E-state index contributed by atoms with van der Waals surface area (Å²) in [5.74, 6) is 0.730. The fraction of sp³-hybridized carbons (Fsp3) is 0.333. The van der Waals surface area contributed by atoms with Crippen molar-refractivity contribution in [2.45, 2.75) is 31.9 Å². The highest BCUT2D eigenvalue weighted by Gasteiger charge is 2.28. The predicted molar refractivity (Wildman–Crippen MR) is 98.0 cm³/mol. The Balaban J connectivity index is 1.35. The molecule has 134 valence electrons. The molecule has 0 radical (unpaired) electrons. The number of hydrogen-bond acceptors (Lipinski definition) is 3. The minimum absolute atomic E-state index is 0.0743. The topological polar surface area (TPSA) is 58.6 Å². The van der Waals surface area contributed by atoms with Gasteiger partial charge in [0.2, 0.25) is 0 Å². The zero-order chi connectivity index (χ0) is 17.9. The van der Waals surface area contributed by atoms with Gasteiger partial charge in [0.15, 0.2) is 6.10 Å². The molecule has 2 aromatic carbocycles. The smallest absolute Gasteiger partial charge is 0.261 e. The Kier molecular flexibility index (Phi) is 4.61. The van der Waals surface area contributed by atoms with Gasteiger partial charge in [-0.25, -0.2) is 0 Å². The summed E-state index contributed by atoms with van der Waals surface area (Å²) in [7, 11) is 0. The van der Waals surface area contributed by atoms with E-state index in [1.807, 2.05) is 53.4 Å². The standard InChI is InChI=1S/C21H22N2O3/c24-20(19-13-16-7-1-2-9-18(16)26-19)22-14-15-6-5-8-17(12-15)21(25)23-10-3-4-11-23/h1-2,5-9,12,19H,3-4,10-11,13-14H2,(H,22,24). The Bertz CT molecular complexity index is 803. The molecule has 0 aliphatic carbocycles. The normalized spacial score (nSPS) is 18.3. The van der Waals surface area contributed by atoms with E-state index in [0.717, 1.165) is 42.8 Å². The van der Waals surface area contributed by atoms with E-state index in [0.29, 0.717) is 18.5 Å². The fourth-order valence-electron chi connectivity index (χ4n) is 3.55. The number of fused-ring (bicyclic) bond motifs is 1. The second kappa shape index (κ2) is 7.20. The number of ether oxygens (including phenoxy) is 1. The third-order valence-corrected chi connectivity index (χ3v) is 4.97. The Morgan fingerprint density at radius 3 is 2.69 bits per heavy atom. The SMILES string of the molecule is O=C(NCc1cccc(C(=O)N2CCCC2)c1)C1Cc2ccccc2O1. The van der Waals surface area contributed by atoms with Crippen LogP contribution in [0.25, 0.3) is 0 Å². The maximum absolute atomic E-state index is 12.5. The zero-order valence-corrected chi connectivity index (χ0v) is 14.6. The van der Waals surface area contributed by atoms with Gasteiger partial charge in [0.25, 0.3) is 11.8 Å². The number of nitrogens with one attached hydrogen (secondary N) is 1. The number of carbonyl (C=O) groups excluding carboxylic acids is 2. The van der Waals surface area contributed by atoms with Gasteiger partial charge in [-0.3, -0.25) is 9.59 Å². The van der Waals surface area contributed by atoms with Crippen molar-refractivity contribution < 1.29 is 14.3 Å². The quantitative estimate of drug-likeness (QED) is 0.922. The van der Waals surface area contributed by atoms with Gasteiger partial charge in [-0.05, 0) is 42.2 Å². The van der Waals surface area contributed by atoms with Crippen LogP contribution < -0.4 is 10.1 Å². The van der Waals surface area contributed by atoms with E-state index in [2.05, 4.69) is 5.32 Å². The van der Waals surface area contributed by atoms with E-state index in [1.54, 1.807) is 0 Å². The molecule has 0 bridgehead atoms. The van der Waals surface area contributed by atoms with E-state index >= 15 is 0 Å². The second-order valence-corrected chi connectivity index (χ2v) is 6.84. The number of para-hydroxylation sites is 1. The fourth-order valence-corrected chi connectivity index (χ4v) is 3.55. The molecule has 4 rings (SSSR count). The van der Waals surface area contributed by atoms with E-state index in [9.17, 15) is 9.59 Å². The van der Waals surface area contributed by atoms with Crippen molar-refractivity contribution >= 4 is 11.8 Å². The first-order chi connectivity index (χ1) is 12.7. The van der Waals surface area contributed by atoms with Crippen molar-refractivity contribution in [1.29, 1.82) is 0 Å². The summed E-state index contributed by atoms with van der Waals surface area (Å²) < 4.78 is 5.71. The summed E-state index contributed by atoms with van der Waals surface area (Å²) in [5.41, 5.74) is 2.66. The van der Waals surface area contributed by atoms with Crippen LogP contribution in [0.2, 0.25) is 0 Å². The average molecular weight is 350 g/mol. The molecule has 1 N–H and O–H groups in total. The number of nitrogens with zero attached hydrogens (tertiary/aromatic N) is 1. The summed E-state index contributed by atoms with van der Waals surface area (Å²) in [6.07, 6.45) is 2.26. The van der Waals surface area contributed by atoms with Gasteiger partial charge in [-0.2, -0.15) is 0 Å². The lowest BCUT2D eigenvalue weighted by Crippen LogP contribution is -2.37. The average Bonchev–Trinajstić information content (AvgIpc) is 3.35. The lowest BCUT2D eigenvalue weighted by Gasteiger charge is -2.16. The molecule has 2 aromatic rings. The van der Waals surface area contributed by atoms with Gasteiger partial charge in [0.1, 0.15) is 5.75 Å². The number of rotatable bonds is 4. The zero-order valence-electron chi connectivity index (χ0n) is 14.6. The monoisotopic (exact) mass is 350 g/mol. The third-order valence-electron chi connectivity index (χ3n) is 4.97. The largest absolute Gasteiger partial charge is 0.480 e. The molecule has 1 saturated heterocycles. The summed E-state index contributed by atoms with van der Waals surface area (Å²) in [6.45, 7) is 2.05. The molecule has 2 heterocycles. The molecule has 1 atom stereocenters. The predicted octanol–water partition coefficient (Wildman–Crippen LogP) is 2.54. The summed E-state index contributed by atoms with van der Waals surface area (Å²) in [4.78, 5) is 26.8. The van der Waals surface area contributed by atoms with Gasteiger partial charge in [-0.15, -0.1) is 0 Å². The molecule has 0 aromatic heterocycles. The molecule has 2 aliphatic heterocycles. The molecular weight excluding hydrogens is 328 g/mol. The van der Waals surface area contributed by atoms with E-state index in [-0.39, 0.29) is 11.8 Å². The maximum atomic E-state index is 12.5. The Hall–Kier alpha value is -2.82. The second-order valence-electron chi connectivity index (χ2n) is 6.84. The minimum atomic E-state index is -0.484. The van der Waals surface area contributed by atoms with Crippen LogP contribution >= 0.6 is 0 Å².